The predicted octanol–water partition coefficient (Wildman–Crippen LogP) is 4.06. The third-order valence-corrected chi connectivity index (χ3v) is 4.58. The van der Waals surface area contributed by atoms with Gasteiger partial charge in [0, 0.05) is 12.6 Å². The quantitative estimate of drug-likeness (QED) is 0.854. The fraction of sp³-hybridized carbons (Fsp3) is 0.500. The van der Waals surface area contributed by atoms with Crippen molar-refractivity contribution in [2.24, 2.45) is 0 Å². The topological polar surface area (TPSA) is 38.3 Å². The summed E-state index contributed by atoms with van der Waals surface area (Å²) in [5, 5.41) is 0. The van der Waals surface area contributed by atoms with Gasteiger partial charge in [0.1, 0.15) is 6.10 Å². The lowest BCUT2D eigenvalue weighted by Crippen LogP contribution is -2.37. The first-order chi connectivity index (χ1) is 10.3. The van der Waals surface area contributed by atoms with Crippen molar-refractivity contribution in [1.29, 1.82) is 0 Å². The SMILES string of the molecule is CC(Oc1nsnc1N1CCCCC1C)c1ccccc1. The van der Waals surface area contributed by atoms with Gasteiger partial charge in [0.05, 0.1) is 11.7 Å². The number of piperidine rings is 1. The molecule has 112 valence electrons. The van der Waals surface area contributed by atoms with Gasteiger partial charge in [0.15, 0.2) is 0 Å². The molecule has 0 N–H and O–H groups in total. The van der Waals surface area contributed by atoms with E-state index in [1.165, 1.54) is 31.0 Å². The average Bonchev–Trinajstić information content (AvgIpc) is 2.96. The van der Waals surface area contributed by atoms with Crippen LogP contribution in [0.2, 0.25) is 0 Å². The third-order valence-electron chi connectivity index (χ3n) is 4.07. The summed E-state index contributed by atoms with van der Waals surface area (Å²) in [5.41, 5.74) is 1.16. The molecule has 1 aromatic carbocycles. The summed E-state index contributed by atoms with van der Waals surface area (Å²) >= 11 is 1.23. The van der Waals surface area contributed by atoms with Gasteiger partial charge in [-0.25, -0.2) is 0 Å². The summed E-state index contributed by atoms with van der Waals surface area (Å²) < 4.78 is 14.9. The van der Waals surface area contributed by atoms with E-state index in [1.54, 1.807) is 0 Å². The highest BCUT2D eigenvalue weighted by atomic mass is 32.1. The van der Waals surface area contributed by atoms with Gasteiger partial charge in [-0.05, 0) is 38.7 Å². The van der Waals surface area contributed by atoms with Crippen LogP contribution in [0.15, 0.2) is 30.3 Å². The van der Waals surface area contributed by atoms with Gasteiger partial charge in [-0.1, -0.05) is 30.3 Å². The zero-order valence-electron chi connectivity index (χ0n) is 12.5. The van der Waals surface area contributed by atoms with Crippen LogP contribution in [0.5, 0.6) is 5.88 Å². The number of hydrogen-bond acceptors (Lipinski definition) is 5. The fourth-order valence-corrected chi connectivity index (χ4v) is 3.30. The Labute approximate surface area is 130 Å². The maximum Gasteiger partial charge on any atom is 0.271 e. The Hall–Kier alpha value is -1.62. The van der Waals surface area contributed by atoms with Crippen LogP contribution in [0.4, 0.5) is 5.82 Å². The molecule has 1 saturated heterocycles. The van der Waals surface area contributed by atoms with E-state index in [2.05, 4.69) is 39.6 Å². The van der Waals surface area contributed by atoms with Crippen LogP contribution >= 0.6 is 11.7 Å². The van der Waals surface area contributed by atoms with Crippen LogP contribution in [-0.4, -0.2) is 21.3 Å². The molecule has 2 heterocycles. The predicted molar refractivity (Wildman–Crippen MR) is 86.1 cm³/mol. The van der Waals surface area contributed by atoms with Crippen molar-refractivity contribution in [3.63, 3.8) is 0 Å². The Kier molecular flexibility index (Phi) is 4.39. The van der Waals surface area contributed by atoms with E-state index in [9.17, 15) is 0 Å². The van der Waals surface area contributed by atoms with Gasteiger partial charge in [-0.3, -0.25) is 0 Å². The van der Waals surface area contributed by atoms with Crippen molar-refractivity contribution >= 4 is 17.5 Å². The van der Waals surface area contributed by atoms with E-state index in [4.69, 9.17) is 4.74 Å². The Morgan fingerprint density at radius 2 is 2.05 bits per heavy atom. The van der Waals surface area contributed by atoms with Gasteiger partial charge in [-0.15, -0.1) is 4.37 Å². The highest BCUT2D eigenvalue weighted by molar-refractivity contribution is 6.99. The number of ether oxygens (including phenoxy) is 1. The Morgan fingerprint density at radius 1 is 1.24 bits per heavy atom. The second-order valence-corrected chi connectivity index (χ2v) is 6.13. The first-order valence-electron chi connectivity index (χ1n) is 7.56. The number of anilines is 1. The minimum absolute atomic E-state index is 0.0195. The maximum atomic E-state index is 6.07. The van der Waals surface area contributed by atoms with Crippen molar-refractivity contribution in [1.82, 2.24) is 8.75 Å². The Balaban J connectivity index is 1.76. The van der Waals surface area contributed by atoms with Gasteiger partial charge < -0.3 is 9.64 Å². The van der Waals surface area contributed by atoms with Crippen molar-refractivity contribution in [2.75, 3.05) is 11.4 Å². The first-order valence-corrected chi connectivity index (χ1v) is 8.29. The summed E-state index contributed by atoms with van der Waals surface area (Å²) in [7, 11) is 0. The van der Waals surface area contributed by atoms with Gasteiger partial charge in [0.2, 0.25) is 5.82 Å². The van der Waals surface area contributed by atoms with E-state index >= 15 is 0 Å². The molecule has 4 nitrogen and oxygen atoms in total. The molecule has 0 bridgehead atoms. The second kappa shape index (κ2) is 6.43. The van der Waals surface area contributed by atoms with Crippen LogP contribution < -0.4 is 9.64 Å². The molecule has 0 aliphatic carbocycles. The normalized spacial score (nSPS) is 20.3. The molecule has 2 atom stereocenters. The van der Waals surface area contributed by atoms with Crippen LogP contribution in [-0.2, 0) is 0 Å². The van der Waals surface area contributed by atoms with Crippen LogP contribution in [0, 0.1) is 0 Å². The molecule has 0 radical (unpaired) electrons. The Bertz CT molecular complexity index is 572. The first kappa shape index (κ1) is 14.3. The largest absolute Gasteiger partial charge is 0.467 e. The number of aromatic nitrogens is 2. The van der Waals surface area contributed by atoms with Gasteiger partial charge >= 0.3 is 0 Å². The molecule has 1 fully saturated rings. The van der Waals surface area contributed by atoms with Crippen LogP contribution in [0.25, 0.3) is 0 Å². The standard InChI is InChI=1S/C16H21N3OS/c1-12-8-6-7-11-19(12)15-16(18-21-17-15)20-13(2)14-9-4-3-5-10-14/h3-5,9-10,12-13H,6-8,11H2,1-2H3. The van der Waals surface area contributed by atoms with E-state index in [-0.39, 0.29) is 6.10 Å². The summed E-state index contributed by atoms with van der Waals surface area (Å²) in [4.78, 5) is 2.33. The van der Waals surface area contributed by atoms with E-state index in [1.807, 2.05) is 18.2 Å². The van der Waals surface area contributed by atoms with Crippen LogP contribution in [0.1, 0.15) is 44.8 Å². The highest BCUT2D eigenvalue weighted by Crippen LogP contribution is 2.33. The molecule has 21 heavy (non-hydrogen) atoms. The molecule has 2 aromatic rings. The minimum Gasteiger partial charge on any atom is -0.467 e. The second-order valence-electron chi connectivity index (χ2n) is 5.60. The summed E-state index contributed by atoms with van der Waals surface area (Å²) in [6.45, 7) is 5.35. The maximum absolute atomic E-state index is 6.07. The van der Waals surface area contributed by atoms with Crippen molar-refractivity contribution in [3.8, 4) is 5.88 Å². The molecule has 2 unspecified atom stereocenters. The zero-order valence-corrected chi connectivity index (χ0v) is 13.3. The molecule has 3 rings (SSSR count). The number of hydrogen-bond donors (Lipinski definition) is 0. The van der Waals surface area contributed by atoms with E-state index in [0.29, 0.717) is 11.9 Å². The number of rotatable bonds is 4. The summed E-state index contributed by atoms with van der Waals surface area (Å²) in [6.07, 6.45) is 3.71. The molecule has 0 saturated carbocycles. The lowest BCUT2D eigenvalue weighted by Gasteiger charge is -2.33. The molecular formula is C16H21N3OS. The molecule has 0 amide bonds. The average molecular weight is 303 g/mol. The van der Waals surface area contributed by atoms with Crippen molar-refractivity contribution in [2.45, 2.75) is 45.3 Å². The molecule has 5 heteroatoms. The lowest BCUT2D eigenvalue weighted by atomic mass is 10.0. The summed E-state index contributed by atoms with van der Waals surface area (Å²) in [5.74, 6) is 1.58. The third kappa shape index (κ3) is 3.18. The molecule has 0 spiro atoms. The van der Waals surface area contributed by atoms with Crippen molar-refractivity contribution in [3.05, 3.63) is 35.9 Å². The Morgan fingerprint density at radius 3 is 2.81 bits per heavy atom. The minimum atomic E-state index is -0.0195. The monoisotopic (exact) mass is 303 g/mol. The van der Waals surface area contributed by atoms with Gasteiger partial charge in [0.25, 0.3) is 5.88 Å². The zero-order chi connectivity index (χ0) is 14.7. The molecular weight excluding hydrogens is 282 g/mol. The lowest BCUT2D eigenvalue weighted by molar-refractivity contribution is 0.219. The molecule has 1 aliphatic rings. The molecule has 1 aromatic heterocycles. The smallest absolute Gasteiger partial charge is 0.271 e. The van der Waals surface area contributed by atoms with E-state index < -0.39 is 0 Å². The van der Waals surface area contributed by atoms with E-state index in [0.717, 1.165) is 17.9 Å². The number of benzene rings is 1. The highest BCUT2D eigenvalue weighted by Gasteiger charge is 2.25. The van der Waals surface area contributed by atoms with Gasteiger partial charge in [-0.2, -0.15) is 4.37 Å². The van der Waals surface area contributed by atoms with Crippen LogP contribution in [0.3, 0.4) is 0 Å². The summed E-state index contributed by atoms with van der Waals surface area (Å²) in [6, 6.07) is 10.7. The molecule has 1 aliphatic heterocycles. The fourth-order valence-electron chi connectivity index (χ4n) is 2.80. The number of nitrogens with zero attached hydrogens (tertiary/aromatic N) is 3. The van der Waals surface area contributed by atoms with Crippen molar-refractivity contribution < 1.29 is 4.74 Å².